The van der Waals surface area contributed by atoms with E-state index in [4.69, 9.17) is 0 Å². The van der Waals surface area contributed by atoms with E-state index in [0.29, 0.717) is 5.54 Å². The summed E-state index contributed by atoms with van der Waals surface area (Å²) in [4.78, 5) is 0. The summed E-state index contributed by atoms with van der Waals surface area (Å²) < 4.78 is 0. The summed E-state index contributed by atoms with van der Waals surface area (Å²) in [5, 5.41) is 7.49. The molecule has 2 N–H and O–H groups in total. The molecule has 0 rings (SSSR count). The number of nitrogens with one attached hydrogen (secondary N) is 2. The van der Waals surface area contributed by atoms with Crippen LogP contribution in [0, 0.1) is 0 Å². The summed E-state index contributed by atoms with van der Waals surface area (Å²) >= 11 is 0. The molecule has 2 nitrogen and oxygen atoms in total. The maximum absolute atomic E-state index is 3.82. The van der Waals surface area contributed by atoms with Crippen molar-refractivity contribution in [3.63, 3.8) is 0 Å². The molecule has 0 heterocycles. The van der Waals surface area contributed by atoms with Gasteiger partial charge in [0, 0.05) is 5.54 Å². The number of halogens is 2. The molecule has 0 bridgehead atoms. The third-order valence-electron chi connectivity index (χ3n) is 7.50. The monoisotopic (exact) mass is 640 g/mol. The van der Waals surface area contributed by atoms with Gasteiger partial charge in [0.15, 0.2) is 0 Å². The van der Waals surface area contributed by atoms with Crippen LogP contribution in [0.3, 0.4) is 0 Å². The summed E-state index contributed by atoms with van der Waals surface area (Å²) in [6.45, 7) is 13.0. The van der Waals surface area contributed by atoms with Crippen LogP contribution in [0.1, 0.15) is 182 Å². The second kappa shape index (κ2) is 33.9. The number of hydrogen-bond acceptors (Lipinski definition) is 2. The highest BCUT2D eigenvalue weighted by molar-refractivity contribution is 8.93. The van der Waals surface area contributed by atoms with Gasteiger partial charge in [-0.1, -0.05) is 142 Å². The first kappa shape index (κ1) is 41.4. The van der Waals surface area contributed by atoms with Gasteiger partial charge in [-0.2, -0.15) is 0 Å². The largest absolute Gasteiger partial charge is 0.317 e. The second-order valence-corrected chi connectivity index (χ2v) is 11.7. The van der Waals surface area contributed by atoms with E-state index in [0.717, 1.165) is 0 Å². The molecule has 0 saturated carbocycles. The molecule has 36 heavy (non-hydrogen) atoms. The minimum atomic E-state index is 0. The normalized spacial score (nSPS) is 11.3. The van der Waals surface area contributed by atoms with Crippen molar-refractivity contribution in [1.29, 1.82) is 0 Å². The van der Waals surface area contributed by atoms with Gasteiger partial charge in [-0.05, 0) is 59.2 Å². The molecule has 0 fully saturated rings. The van der Waals surface area contributed by atoms with Crippen LogP contribution < -0.4 is 10.6 Å². The third-order valence-corrected chi connectivity index (χ3v) is 7.50. The van der Waals surface area contributed by atoms with Gasteiger partial charge in [0.1, 0.15) is 0 Å². The molecule has 0 atom stereocenters. The topological polar surface area (TPSA) is 24.1 Å². The molecule has 222 valence electrons. The van der Waals surface area contributed by atoms with Crippen LogP contribution in [-0.4, -0.2) is 25.2 Å². The Labute approximate surface area is 250 Å². The lowest BCUT2D eigenvalue weighted by molar-refractivity contribution is 0.343. The van der Waals surface area contributed by atoms with E-state index in [1.54, 1.807) is 0 Å². The summed E-state index contributed by atoms with van der Waals surface area (Å²) in [5.41, 5.74) is 0.308. The summed E-state index contributed by atoms with van der Waals surface area (Å²) in [6.07, 6.45) is 33.9. The van der Waals surface area contributed by atoms with Gasteiger partial charge in [0.05, 0.1) is 0 Å². The van der Waals surface area contributed by atoms with E-state index < -0.39 is 0 Å². The Kier molecular flexibility index (Phi) is 39.0. The first-order chi connectivity index (χ1) is 16.6. The predicted octanol–water partition coefficient (Wildman–Crippen LogP) is 11.5. The zero-order valence-electron chi connectivity index (χ0n) is 25.4. The highest BCUT2D eigenvalue weighted by atomic mass is 79.9. The fraction of sp³-hybridized carbons (Fsp3) is 1.00. The summed E-state index contributed by atoms with van der Waals surface area (Å²) in [7, 11) is 0. The SMILES string of the molecule is Br.Br.CCCCCCCCCCCCNCCCCCC(C)(C)NCCCCCCCCCCCC. The molecule has 0 aromatic carbocycles. The quantitative estimate of drug-likeness (QED) is 0.0794. The number of unbranched alkanes of at least 4 members (excludes halogenated alkanes) is 20. The molecule has 0 aromatic rings. The zero-order valence-corrected chi connectivity index (χ0v) is 28.8. The molecule has 0 unspecified atom stereocenters. The first-order valence-electron chi connectivity index (χ1n) is 16.1. The smallest absolute Gasteiger partial charge is 0.0125 e. The van der Waals surface area contributed by atoms with E-state index in [1.807, 2.05) is 0 Å². The molecule has 0 aliphatic heterocycles. The molecule has 0 aromatic heterocycles. The average Bonchev–Trinajstić information content (AvgIpc) is 2.82. The van der Waals surface area contributed by atoms with Crippen molar-refractivity contribution < 1.29 is 0 Å². The molecule has 0 radical (unpaired) electrons. The van der Waals surface area contributed by atoms with Crippen molar-refractivity contribution in [2.24, 2.45) is 0 Å². The lowest BCUT2D eigenvalue weighted by Gasteiger charge is -2.26. The van der Waals surface area contributed by atoms with E-state index in [-0.39, 0.29) is 34.0 Å². The molecule has 0 spiro atoms. The second-order valence-electron chi connectivity index (χ2n) is 11.7. The summed E-state index contributed by atoms with van der Waals surface area (Å²) in [5.74, 6) is 0. The van der Waals surface area contributed by atoms with E-state index in [9.17, 15) is 0 Å². The molecule has 0 amide bonds. The van der Waals surface area contributed by atoms with Crippen molar-refractivity contribution in [2.45, 2.75) is 187 Å². The average molecular weight is 643 g/mol. The van der Waals surface area contributed by atoms with Crippen molar-refractivity contribution in [3.8, 4) is 0 Å². The van der Waals surface area contributed by atoms with Gasteiger partial charge in [0.25, 0.3) is 0 Å². The molecule has 0 saturated heterocycles. The summed E-state index contributed by atoms with van der Waals surface area (Å²) in [6, 6.07) is 0. The minimum Gasteiger partial charge on any atom is -0.317 e. The van der Waals surface area contributed by atoms with Crippen LogP contribution in [0.15, 0.2) is 0 Å². The van der Waals surface area contributed by atoms with Crippen LogP contribution in [0.25, 0.3) is 0 Å². The maximum Gasteiger partial charge on any atom is 0.0125 e. The number of hydrogen-bond donors (Lipinski definition) is 2. The van der Waals surface area contributed by atoms with Gasteiger partial charge in [-0.3, -0.25) is 0 Å². The van der Waals surface area contributed by atoms with Gasteiger partial charge in [-0.15, -0.1) is 34.0 Å². The Morgan fingerprint density at radius 3 is 1.08 bits per heavy atom. The van der Waals surface area contributed by atoms with Gasteiger partial charge >= 0.3 is 0 Å². The van der Waals surface area contributed by atoms with Gasteiger partial charge in [-0.25, -0.2) is 0 Å². The highest BCUT2D eigenvalue weighted by Crippen LogP contribution is 2.15. The maximum atomic E-state index is 3.82. The first-order valence-corrected chi connectivity index (χ1v) is 16.1. The van der Waals surface area contributed by atoms with Crippen molar-refractivity contribution in [1.82, 2.24) is 10.6 Å². The van der Waals surface area contributed by atoms with Crippen LogP contribution in [-0.2, 0) is 0 Å². The van der Waals surface area contributed by atoms with Crippen LogP contribution in [0.4, 0.5) is 0 Å². The Morgan fingerprint density at radius 2 is 0.694 bits per heavy atom. The lowest BCUT2D eigenvalue weighted by atomic mass is 9.96. The van der Waals surface area contributed by atoms with Crippen molar-refractivity contribution >= 4 is 34.0 Å². The number of rotatable bonds is 29. The molecule has 4 heteroatoms. The van der Waals surface area contributed by atoms with E-state index >= 15 is 0 Å². The molecule has 0 aliphatic rings. The third kappa shape index (κ3) is 34.9. The highest BCUT2D eigenvalue weighted by Gasteiger charge is 2.15. The van der Waals surface area contributed by atoms with Gasteiger partial charge < -0.3 is 10.6 Å². The zero-order chi connectivity index (χ0) is 25.0. The molecular weight excluding hydrogens is 572 g/mol. The van der Waals surface area contributed by atoms with Crippen molar-refractivity contribution in [3.05, 3.63) is 0 Å². The Bertz CT molecular complexity index is 377. The Hall–Kier alpha value is 0.880. The standard InChI is InChI=1S/C32H68N2.2BrH/c1-5-7-9-11-13-15-17-19-21-25-29-33-30-26-23-24-28-32(3,4)34-31-27-22-20-18-16-14-12-10-8-6-2;;/h33-34H,5-31H2,1-4H3;2*1H. The van der Waals surface area contributed by atoms with E-state index in [2.05, 4.69) is 38.3 Å². The molecular formula is C32H70Br2N2. The Morgan fingerprint density at radius 1 is 0.389 bits per heavy atom. The van der Waals surface area contributed by atoms with Crippen LogP contribution >= 0.6 is 34.0 Å². The fourth-order valence-corrected chi connectivity index (χ4v) is 4.98. The van der Waals surface area contributed by atoms with E-state index in [1.165, 1.54) is 174 Å². The Balaban J connectivity index is -0.00000544. The van der Waals surface area contributed by atoms with Crippen LogP contribution in [0.5, 0.6) is 0 Å². The minimum absolute atomic E-state index is 0. The predicted molar refractivity (Wildman–Crippen MR) is 178 cm³/mol. The lowest BCUT2D eigenvalue weighted by Crippen LogP contribution is -2.39. The van der Waals surface area contributed by atoms with Gasteiger partial charge in [0.2, 0.25) is 0 Å². The molecule has 0 aliphatic carbocycles. The van der Waals surface area contributed by atoms with Crippen molar-refractivity contribution in [2.75, 3.05) is 19.6 Å². The van der Waals surface area contributed by atoms with Crippen LogP contribution in [0.2, 0.25) is 0 Å². The fourth-order valence-electron chi connectivity index (χ4n) is 4.98.